The van der Waals surface area contributed by atoms with Crippen molar-refractivity contribution in [3.05, 3.63) is 22.9 Å². The Morgan fingerprint density at radius 3 is 2.69 bits per heavy atom. The minimum atomic E-state index is -2.70. The zero-order valence-electron chi connectivity index (χ0n) is 6.92. The van der Waals surface area contributed by atoms with Crippen molar-refractivity contribution in [3.8, 4) is 0 Å². The smallest absolute Gasteiger partial charge is 0.264 e. The fourth-order valence-electron chi connectivity index (χ4n) is 1.04. The number of aldehydes is 1. The first-order chi connectivity index (χ1) is 6.06. The molecule has 0 unspecified atom stereocenters. The molecule has 0 bridgehead atoms. The van der Waals surface area contributed by atoms with Crippen LogP contribution in [-0.2, 0) is 0 Å². The fourth-order valence-corrected chi connectivity index (χ4v) is 1.04. The van der Waals surface area contributed by atoms with E-state index in [0.717, 1.165) is 6.07 Å². The molecule has 1 rings (SSSR count). The molecule has 1 aromatic rings. The average Bonchev–Trinajstić information content (AvgIpc) is 2.02. The van der Waals surface area contributed by atoms with Gasteiger partial charge in [-0.3, -0.25) is 4.79 Å². The first-order valence-corrected chi connectivity index (χ1v) is 3.56. The van der Waals surface area contributed by atoms with E-state index in [1.165, 1.54) is 6.92 Å². The monoisotopic (exact) mass is 186 g/mol. The van der Waals surface area contributed by atoms with E-state index in [0.29, 0.717) is 12.0 Å². The Morgan fingerprint density at radius 1 is 1.62 bits per heavy atom. The second-order valence-corrected chi connectivity index (χ2v) is 2.57. The molecule has 0 atom stereocenters. The Balaban J connectivity index is 3.38. The highest BCUT2D eigenvalue weighted by Gasteiger charge is 2.16. The third-order valence-corrected chi connectivity index (χ3v) is 1.60. The van der Waals surface area contributed by atoms with Gasteiger partial charge in [-0.15, -0.1) is 0 Å². The number of rotatable bonds is 2. The van der Waals surface area contributed by atoms with Crippen molar-refractivity contribution in [1.82, 2.24) is 4.98 Å². The summed E-state index contributed by atoms with van der Waals surface area (Å²) in [7, 11) is 0. The Morgan fingerprint density at radius 2 is 2.23 bits per heavy atom. The highest BCUT2D eigenvalue weighted by Crippen LogP contribution is 2.25. The van der Waals surface area contributed by atoms with Crippen LogP contribution in [0.5, 0.6) is 0 Å². The normalized spacial score (nSPS) is 10.5. The van der Waals surface area contributed by atoms with Crippen LogP contribution in [-0.4, -0.2) is 11.3 Å². The van der Waals surface area contributed by atoms with Gasteiger partial charge >= 0.3 is 0 Å². The second-order valence-electron chi connectivity index (χ2n) is 2.57. The number of pyridine rings is 1. The Kier molecular flexibility index (Phi) is 2.55. The number of halogens is 2. The van der Waals surface area contributed by atoms with Gasteiger partial charge in [0.1, 0.15) is 5.82 Å². The Bertz CT molecular complexity index is 339. The van der Waals surface area contributed by atoms with Crippen LogP contribution in [0, 0.1) is 6.92 Å². The molecule has 5 heteroatoms. The van der Waals surface area contributed by atoms with Gasteiger partial charge in [0.05, 0.1) is 5.56 Å². The van der Waals surface area contributed by atoms with Crippen molar-refractivity contribution < 1.29 is 13.6 Å². The van der Waals surface area contributed by atoms with Crippen molar-refractivity contribution in [2.75, 3.05) is 5.73 Å². The van der Waals surface area contributed by atoms with E-state index in [4.69, 9.17) is 5.73 Å². The van der Waals surface area contributed by atoms with Crippen LogP contribution in [0.2, 0.25) is 0 Å². The summed E-state index contributed by atoms with van der Waals surface area (Å²) in [6.45, 7) is 1.54. The lowest BCUT2D eigenvalue weighted by molar-refractivity contribution is 0.110. The second kappa shape index (κ2) is 3.47. The Labute approximate surface area is 73.6 Å². The van der Waals surface area contributed by atoms with Crippen LogP contribution >= 0.6 is 0 Å². The number of hydrogen-bond acceptors (Lipinski definition) is 3. The van der Waals surface area contributed by atoms with Gasteiger partial charge in [-0.1, -0.05) is 0 Å². The van der Waals surface area contributed by atoms with Gasteiger partial charge in [0.15, 0.2) is 6.29 Å². The van der Waals surface area contributed by atoms with Crippen molar-refractivity contribution in [2.24, 2.45) is 0 Å². The average molecular weight is 186 g/mol. The number of hydrogen-bond donors (Lipinski definition) is 1. The van der Waals surface area contributed by atoms with Crippen molar-refractivity contribution >= 4 is 12.1 Å². The summed E-state index contributed by atoms with van der Waals surface area (Å²) in [5.74, 6) is -0.148. The number of carbonyl (C=O) groups excluding carboxylic acids is 1. The summed E-state index contributed by atoms with van der Waals surface area (Å²) in [5, 5.41) is 0. The largest absolute Gasteiger partial charge is 0.383 e. The van der Waals surface area contributed by atoms with Gasteiger partial charge in [-0.2, -0.15) is 0 Å². The minimum Gasteiger partial charge on any atom is -0.383 e. The molecule has 2 N–H and O–H groups in total. The molecule has 13 heavy (non-hydrogen) atoms. The summed E-state index contributed by atoms with van der Waals surface area (Å²) in [6, 6.07) is 1.16. The molecule has 0 fully saturated rings. The van der Waals surface area contributed by atoms with Gasteiger partial charge < -0.3 is 5.73 Å². The molecule has 1 aromatic heterocycles. The standard InChI is InChI=1S/C8H8F2N2O/c1-4-2-5(7(9)10)6(3-13)8(11)12-4/h2-3,7H,1H3,(H2,11,12). The SMILES string of the molecule is Cc1cc(C(F)F)c(C=O)c(N)n1. The fraction of sp³-hybridized carbons (Fsp3) is 0.250. The van der Waals surface area contributed by atoms with Crippen LogP contribution in [0.15, 0.2) is 6.07 Å². The van der Waals surface area contributed by atoms with Crippen LogP contribution in [0.3, 0.4) is 0 Å². The number of nitrogens with two attached hydrogens (primary N) is 1. The molecule has 1 heterocycles. The molecule has 0 spiro atoms. The lowest BCUT2D eigenvalue weighted by atomic mass is 10.1. The van der Waals surface area contributed by atoms with Crippen LogP contribution in [0.4, 0.5) is 14.6 Å². The molecule has 0 saturated heterocycles. The van der Waals surface area contributed by atoms with Gasteiger partial charge in [0.25, 0.3) is 6.43 Å². The summed E-state index contributed by atoms with van der Waals surface area (Å²) in [5.41, 5.74) is 5.09. The highest BCUT2D eigenvalue weighted by molar-refractivity contribution is 5.84. The van der Waals surface area contributed by atoms with E-state index >= 15 is 0 Å². The van der Waals surface area contributed by atoms with Gasteiger partial charge in [0.2, 0.25) is 0 Å². The van der Waals surface area contributed by atoms with Gasteiger partial charge in [0, 0.05) is 11.3 Å². The maximum absolute atomic E-state index is 12.3. The lowest BCUT2D eigenvalue weighted by Crippen LogP contribution is -2.03. The Hall–Kier alpha value is -1.52. The molecule has 0 aromatic carbocycles. The molecule has 3 nitrogen and oxygen atoms in total. The predicted octanol–water partition coefficient (Wildman–Crippen LogP) is 1.72. The van der Waals surface area contributed by atoms with E-state index in [1.807, 2.05) is 0 Å². The van der Waals surface area contributed by atoms with Crippen molar-refractivity contribution in [2.45, 2.75) is 13.3 Å². The summed E-state index contributed by atoms with van der Waals surface area (Å²) >= 11 is 0. The third-order valence-electron chi connectivity index (χ3n) is 1.60. The lowest BCUT2D eigenvalue weighted by Gasteiger charge is -2.06. The molecular formula is C8H8F2N2O. The van der Waals surface area contributed by atoms with E-state index in [2.05, 4.69) is 4.98 Å². The number of alkyl halides is 2. The van der Waals surface area contributed by atoms with E-state index in [-0.39, 0.29) is 16.9 Å². The molecule has 0 aliphatic carbocycles. The molecule has 0 saturated carbocycles. The van der Waals surface area contributed by atoms with E-state index < -0.39 is 6.43 Å². The molecule has 0 amide bonds. The zero-order chi connectivity index (χ0) is 10.0. The number of aryl methyl sites for hydroxylation is 1. The maximum atomic E-state index is 12.3. The summed E-state index contributed by atoms with van der Waals surface area (Å²) in [4.78, 5) is 14.1. The highest BCUT2D eigenvalue weighted by atomic mass is 19.3. The number of nitrogens with zero attached hydrogens (tertiary/aromatic N) is 1. The summed E-state index contributed by atoms with van der Waals surface area (Å²) in [6.07, 6.45) is -2.41. The minimum absolute atomic E-state index is 0.148. The van der Waals surface area contributed by atoms with Crippen molar-refractivity contribution in [1.29, 1.82) is 0 Å². The van der Waals surface area contributed by atoms with Crippen LogP contribution in [0.1, 0.15) is 28.0 Å². The number of nitrogen functional groups attached to an aromatic ring is 1. The first-order valence-electron chi connectivity index (χ1n) is 3.56. The maximum Gasteiger partial charge on any atom is 0.264 e. The molecule has 0 radical (unpaired) electrons. The number of aromatic nitrogens is 1. The van der Waals surface area contributed by atoms with Gasteiger partial charge in [-0.05, 0) is 13.0 Å². The molecule has 70 valence electrons. The molecule has 0 aliphatic heterocycles. The quantitative estimate of drug-likeness (QED) is 0.715. The van der Waals surface area contributed by atoms with Gasteiger partial charge in [-0.25, -0.2) is 13.8 Å². The summed E-state index contributed by atoms with van der Waals surface area (Å²) < 4.78 is 24.7. The van der Waals surface area contributed by atoms with Crippen LogP contribution in [0.25, 0.3) is 0 Å². The van der Waals surface area contributed by atoms with E-state index in [1.54, 1.807) is 0 Å². The van der Waals surface area contributed by atoms with Crippen LogP contribution < -0.4 is 5.73 Å². The number of carbonyl (C=O) groups is 1. The predicted molar refractivity (Wildman–Crippen MR) is 43.7 cm³/mol. The molecule has 0 aliphatic rings. The number of anilines is 1. The third kappa shape index (κ3) is 1.80. The molecular weight excluding hydrogens is 178 g/mol. The zero-order valence-corrected chi connectivity index (χ0v) is 6.92. The van der Waals surface area contributed by atoms with Crippen molar-refractivity contribution in [3.63, 3.8) is 0 Å². The topological polar surface area (TPSA) is 56.0 Å². The van der Waals surface area contributed by atoms with E-state index in [9.17, 15) is 13.6 Å². The first kappa shape index (κ1) is 9.57.